The van der Waals surface area contributed by atoms with Crippen LogP contribution in [0.3, 0.4) is 0 Å². The molecule has 10 heteroatoms. The Kier molecular flexibility index (Phi) is 5.35. The van der Waals surface area contributed by atoms with Crippen LogP contribution in [-0.2, 0) is 10.0 Å². The van der Waals surface area contributed by atoms with E-state index in [1.807, 2.05) is 0 Å². The second-order valence-corrected chi connectivity index (χ2v) is 8.76. The van der Waals surface area contributed by atoms with Crippen LogP contribution < -0.4 is 0 Å². The zero-order chi connectivity index (χ0) is 20.4. The third-order valence-electron chi connectivity index (χ3n) is 4.72. The average Bonchev–Trinajstić information content (AvgIpc) is 3.28. The summed E-state index contributed by atoms with van der Waals surface area (Å²) in [5.74, 6) is 0.222. The third-order valence-corrected chi connectivity index (χ3v) is 7.12. The second kappa shape index (κ2) is 7.94. The third kappa shape index (κ3) is 3.89. The van der Waals surface area contributed by atoms with Crippen molar-refractivity contribution in [3.05, 3.63) is 65.5 Å². The molecule has 1 aliphatic rings. The number of hydrogen-bond donors (Lipinski definition) is 0. The molecule has 0 spiro atoms. The van der Waals surface area contributed by atoms with Gasteiger partial charge in [-0.15, -0.1) is 10.2 Å². The van der Waals surface area contributed by atoms with E-state index in [1.165, 1.54) is 16.8 Å². The molecule has 8 nitrogen and oxygen atoms in total. The molecule has 0 radical (unpaired) electrons. The first-order chi connectivity index (χ1) is 14.0. The van der Waals surface area contributed by atoms with Crippen molar-refractivity contribution in [2.75, 3.05) is 26.2 Å². The zero-order valence-electron chi connectivity index (χ0n) is 15.2. The van der Waals surface area contributed by atoms with Gasteiger partial charge in [0.1, 0.15) is 4.90 Å². The highest BCUT2D eigenvalue weighted by Crippen LogP contribution is 2.25. The Morgan fingerprint density at radius 3 is 2.31 bits per heavy atom. The van der Waals surface area contributed by atoms with Crippen molar-refractivity contribution in [2.45, 2.75) is 4.90 Å². The van der Waals surface area contributed by atoms with Gasteiger partial charge in [0.05, 0.1) is 5.02 Å². The molecule has 1 amide bonds. The molecule has 0 bridgehead atoms. The Labute approximate surface area is 172 Å². The molecule has 150 valence electrons. The van der Waals surface area contributed by atoms with Gasteiger partial charge in [-0.3, -0.25) is 4.79 Å². The predicted octanol–water partition coefficient (Wildman–Crippen LogP) is 2.54. The van der Waals surface area contributed by atoms with Crippen molar-refractivity contribution in [2.24, 2.45) is 0 Å². The van der Waals surface area contributed by atoms with Crippen molar-refractivity contribution in [1.82, 2.24) is 19.4 Å². The summed E-state index contributed by atoms with van der Waals surface area (Å²) < 4.78 is 32.1. The Morgan fingerprint density at radius 1 is 1.00 bits per heavy atom. The Balaban J connectivity index is 1.43. The molecule has 3 aromatic rings. The van der Waals surface area contributed by atoms with Gasteiger partial charge in [0.25, 0.3) is 5.91 Å². The number of aromatic nitrogens is 2. The lowest BCUT2D eigenvalue weighted by atomic mass is 10.1. The summed E-state index contributed by atoms with van der Waals surface area (Å²) in [5.41, 5.74) is 1.23. The molecule has 29 heavy (non-hydrogen) atoms. The van der Waals surface area contributed by atoms with Gasteiger partial charge in [-0.2, -0.15) is 4.31 Å². The highest BCUT2D eigenvalue weighted by Gasteiger charge is 2.31. The first-order valence-corrected chi connectivity index (χ1v) is 10.7. The minimum atomic E-state index is -3.70. The lowest BCUT2D eigenvalue weighted by Gasteiger charge is -2.34. The molecule has 0 saturated carbocycles. The van der Waals surface area contributed by atoms with Gasteiger partial charge in [0.2, 0.25) is 22.3 Å². The molecule has 0 aliphatic carbocycles. The number of halogens is 1. The van der Waals surface area contributed by atoms with Crippen molar-refractivity contribution in [3.8, 4) is 11.5 Å². The molecular weight excluding hydrogens is 416 g/mol. The van der Waals surface area contributed by atoms with Gasteiger partial charge in [0, 0.05) is 37.3 Å². The van der Waals surface area contributed by atoms with Gasteiger partial charge in [-0.05, 0) is 36.4 Å². The Bertz CT molecular complexity index is 1110. The number of carbonyl (C=O) groups excluding carboxylic acids is 1. The van der Waals surface area contributed by atoms with E-state index in [0.717, 1.165) is 5.56 Å². The number of sulfonamides is 1. The fourth-order valence-corrected chi connectivity index (χ4v) is 5.08. The molecule has 2 heterocycles. The SMILES string of the molecule is O=C(c1ccc(-c2nnco2)cc1)N1CCN(S(=O)(=O)c2ccccc2Cl)CC1. The van der Waals surface area contributed by atoms with Gasteiger partial charge >= 0.3 is 0 Å². The first kappa shape index (κ1) is 19.6. The first-order valence-electron chi connectivity index (χ1n) is 8.87. The van der Waals surface area contributed by atoms with Crippen LogP contribution in [0.25, 0.3) is 11.5 Å². The number of rotatable bonds is 4. The van der Waals surface area contributed by atoms with E-state index < -0.39 is 10.0 Å². The molecule has 0 N–H and O–H groups in total. The van der Waals surface area contributed by atoms with Crippen LogP contribution >= 0.6 is 11.6 Å². The maximum absolute atomic E-state index is 12.8. The van der Waals surface area contributed by atoms with E-state index in [0.29, 0.717) is 24.5 Å². The van der Waals surface area contributed by atoms with E-state index in [2.05, 4.69) is 10.2 Å². The van der Waals surface area contributed by atoms with Gasteiger partial charge in [0.15, 0.2) is 0 Å². The summed E-state index contributed by atoms with van der Waals surface area (Å²) in [6.45, 7) is 1.01. The van der Waals surface area contributed by atoms with Crippen molar-refractivity contribution < 1.29 is 17.6 Å². The molecule has 1 saturated heterocycles. The van der Waals surface area contributed by atoms with Crippen LogP contribution in [0.15, 0.2) is 64.2 Å². The van der Waals surface area contributed by atoms with E-state index in [1.54, 1.807) is 47.4 Å². The maximum Gasteiger partial charge on any atom is 0.253 e. The van der Waals surface area contributed by atoms with Crippen LogP contribution in [0, 0.1) is 0 Å². The fraction of sp³-hybridized carbons (Fsp3) is 0.211. The number of carbonyl (C=O) groups is 1. The van der Waals surface area contributed by atoms with Gasteiger partial charge in [-0.25, -0.2) is 8.42 Å². The fourth-order valence-electron chi connectivity index (χ4n) is 3.16. The lowest BCUT2D eigenvalue weighted by molar-refractivity contribution is 0.0698. The largest absolute Gasteiger partial charge is 0.423 e. The summed E-state index contributed by atoms with van der Waals surface area (Å²) in [6.07, 6.45) is 1.24. The molecule has 1 aromatic heterocycles. The number of amides is 1. The predicted molar refractivity (Wildman–Crippen MR) is 106 cm³/mol. The van der Waals surface area contributed by atoms with E-state index in [4.69, 9.17) is 16.0 Å². The van der Waals surface area contributed by atoms with Crippen LogP contribution in [-0.4, -0.2) is 59.9 Å². The Hall–Kier alpha value is -2.75. The summed E-state index contributed by atoms with van der Waals surface area (Å²) in [5, 5.41) is 7.65. The van der Waals surface area contributed by atoms with Crippen LogP contribution in [0.4, 0.5) is 0 Å². The summed E-state index contributed by atoms with van der Waals surface area (Å²) >= 11 is 6.05. The maximum atomic E-state index is 12.8. The van der Waals surface area contributed by atoms with Crippen LogP contribution in [0.1, 0.15) is 10.4 Å². The molecule has 1 aliphatic heterocycles. The topological polar surface area (TPSA) is 96.6 Å². The van der Waals surface area contributed by atoms with Gasteiger partial charge in [-0.1, -0.05) is 23.7 Å². The monoisotopic (exact) mass is 432 g/mol. The quantitative estimate of drug-likeness (QED) is 0.628. The molecule has 1 fully saturated rings. The number of benzene rings is 2. The number of piperazine rings is 1. The smallest absolute Gasteiger partial charge is 0.253 e. The minimum absolute atomic E-state index is 0.0815. The molecule has 0 unspecified atom stereocenters. The minimum Gasteiger partial charge on any atom is -0.423 e. The Morgan fingerprint density at radius 2 is 1.69 bits per heavy atom. The highest BCUT2D eigenvalue weighted by molar-refractivity contribution is 7.89. The van der Waals surface area contributed by atoms with Gasteiger partial charge < -0.3 is 9.32 Å². The molecule has 4 rings (SSSR count). The average molecular weight is 433 g/mol. The van der Waals surface area contributed by atoms with Crippen molar-refractivity contribution in [3.63, 3.8) is 0 Å². The summed E-state index contributed by atoms with van der Waals surface area (Å²) in [7, 11) is -3.70. The number of nitrogens with zero attached hydrogens (tertiary/aromatic N) is 4. The van der Waals surface area contributed by atoms with E-state index in [-0.39, 0.29) is 28.9 Å². The van der Waals surface area contributed by atoms with Crippen molar-refractivity contribution in [1.29, 1.82) is 0 Å². The zero-order valence-corrected chi connectivity index (χ0v) is 16.8. The highest BCUT2D eigenvalue weighted by atomic mass is 35.5. The summed E-state index contributed by atoms with van der Waals surface area (Å²) in [4.78, 5) is 14.5. The standard InChI is InChI=1S/C19H17ClN4O4S/c20-16-3-1-2-4-17(16)29(26,27)24-11-9-23(10-12-24)19(25)15-7-5-14(6-8-15)18-22-21-13-28-18/h1-8,13H,9-12H2. The van der Waals surface area contributed by atoms with Crippen LogP contribution in [0.5, 0.6) is 0 Å². The second-order valence-electron chi connectivity index (χ2n) is 6.45. The lowest BCUT2D eigenvalue weighted by Crippen LogP contribution is -2.50. The van der Waals surface area contributed by atoms with E-state index >= 15 is 0 Å². The molecular formula is C19H17ClN4O4S. The van der Waals surface area contributed by atoms with E-state index in [9.17, 15) is 13.2 Å². The van der Waals surface area contributed by atoms with Crippen molar-refractivity contribution >= 4 is 27.5 Å². The summed E-state index contributed by atoms with van der Waals surface area (Å²) in [6, 6.07) is 13.2. The van der Waals surface area contributed by atoms with Crippen LogP contribution in [0.2, 0.25) is 5.02 Å². The molecule has 2 aromatic carbocycles. The molecule has 0 atom stereocenters. The number of hydrogen-bond acceptors (Lipinski definition) is 6. The normalized spacial score (nSPS) is 15.4.